The molecule has 0 aliphatic rings. The number of fused-ring (bicyclic) bond motifs is 1. The minimum absolute atomic E-state index is 0.0830. The van der Waals surface area contributed by atoms with Crippen molar-refractivity contribution in [1.82, 2.24) is 19.9 Å². The number of carbonyl (C=O) groups is 1. The summed E-state index contributed by atoms with van der Waals surface area (Å²) in [6, 6.07) is 0. The van der Waals surface area contributed by atoms with Gasteiger partial charge < -0.3 is 15.8 Å². The van der Waals surface area contributed by atoms with Crippen LogP contribution in [0.2, 0.25) is 0 Å². The first-order valence-electron chi connectivity index (χ1n) is 4.44. The Morgan fingerprint density at radius 2 is 2.38 bits per heavy atom. The van der Waals surface area contributed by atoms with Gasteiger partial charge >= 0.3 is 5.97 Å². The number of hydrogen-bond acceptors (Lipinski definition) is 6. The van der Waals surface area contributed by atoms with E-state index in [1.807, 2.05) is 0 Å². The Bertz CT molecular complexity index is 540. The predicted molar refractivity (Wildman–Crippen MR) is 59.1 cm³/mol. The second kappa shape index (κ2) is 3.97. The maximum absolute atomic E-state index is 10.7. The van der Waals surface area contributed by atoms with Crippen molar-refractivity contribution in [3.05, 3.63) is 6.33 Å². The van der Waals surface area contributed by atoms with Crippen LogP contribution in [0.5, 0.6) is 0 Å². The van der Waals surface area contributed by atoms with E-state index in [4.69, 9.17) is 10.8 Å². The van der Waals surface area contributed by atoms with Gasteiger partial charge in [0.1, 0.15) is 15.8 Å². The van der Waals surface area contributed by atoms with E-state index in [-0.39, 0.29) is 5.95 Å². The van der Waals surface area contributed by atoms with Crippen LogP contribution in [0.15, 0.2) is 11.4 Å². The Kier molecular flexibility index (Phi) is 2.65. The van der Waals surface area contributed by atoms with E-state index in [0.29, 0.717) is 16.2 Å². The molecule has 7 nitrogen and oxygen atoms in total. The fourth-order valence-electron chi connectivity index (χ4n) is 1.13. The molecule has 0 saturated heterocycles. The number of nitrogens with one attached hydrogen (secondary N) is 1. The first kappa shape index (κ1) is 10.7. The van der Waals surface area contributed by atoms with E-state index in [1.54, 1.807) is 6.92 Å². The molecule has 8 heteroatoms. The molecule has 2 aromatic heterocycles. The maximum atomic E-state index is 10.7. The van der Waals surface area contributed by atoms with Crippen LogP contribution in [-0.2, 0) is 4.79 Å². The summed E-state index contributed by atoms with van der Waals surface area (Å²) in [5, 5.41) is 8.70. The number of aromatic nitrogens is 4. The lowest BCUT2D eigenvalue weighted by atomic mass is 10.5. The molecule has 2 heterocycles. The smallest absolute Gasteiger partial charge is 0.316 e. The zero-order valence-corrected chi connectivity index (χ0v) is 9.15. The zero-order valence-electron chi connectivity index (χ0n) is 8.34. The summed E-state index contributed by atoms with van der Waals surface area (Å²) >= 11 is 1.10. The highest BCUT2D eigenvalue weighted by molar-refractivity contribution is 8.00. The lowest BCUT2D eigenvalue weighted by Gasteiger charge is -2.05. The molecule has 1 atom stereocenters. The molecule has 0 aliphatic heterocycles. The van der Waals surface area contributed by atoms with E-state index in [1.165, 1.54) is 6.33 Å². The van der Waals surface area contributed by atoms with Gasteiger partial charge in [-0.05, 0) is 6.92 Å². The molecule has 0 fully saturated rings. The van der Waals surface area contributed by atoms with Gasteiger partial charge in [0, 0.05) is 0 Å². The summed E-state index contributed by atoms with van der Waals surface area (Å²) in [6.45, 7) is 1.58. The maximum Gasteiger partial charge on any atom is 0.316 e. The minimum atomic E-state index is -0.908. The first-order valence-corrected chi connectivity index (χ1v) is 5.32. The largest absolute Gasteiger partial charge is 0.480 e. The van der Waals surface area contributed by atoms with Crippen molar-refractivity contribution < 1.29 is 9.90 Å². The number of carboxylic acid groups (broad SMARTS) is 1. The summed E-state index contributed by atoms with van der Waals surface area (Å²) in [6.07, 6.45) is 1.47. The molecule has 0 radical (unpaired) electrons. The van der Waals surface area contributed by atoms with Gasteiger partial charge in [-0.1, -0.05) is 11.8 Å². The third-order valence-corrected chi connectivity index (χ3v) is 2.98. The Hall–Kier alpha value is -1.83. The summed E-state index contributed by atoms with van der Waals surface area (Å²) < 4.78 is 0. The quantitative estimate of drug-likeness (QED) is 0.527. The van der Waals surface area contributed by atoms with Crippen molar-refractivity contribution in [2.45, 2.75) is 17.2 Å². The van der Waals surface area contributed by atoms with Crippen LogP contribution in [0.3, 0.4) is 0 Å². The van der Waals surface area contributed by atoms with Gasteiger partial charge in [0.05, 0.1) is 6.33 Å². The molecule has 0 unspecified atom stereocenters. The number of nitrogens with zero attached hydrogens (tertiary/aromatic N) is 3. The number of H-pyrrole nitrogens is 1. The number of aliphatic carboxylic acids is 1. The average Bonchev–Trinajstić information content (AvgIpc) is 2.65. The third kappa shape index (κ3) is 1.91. The van der Waals surface area contributed by atoms with Crippen molar-refractivity contribution in [2.24, 2.45) is 0 Å². The lowest BCUT2D eigenvalue weighted by molar-refractivity contribution is -0.136. The minimum Gasteiger partial charge on any atom is -0.480 e. The Morgan fingerprint density at radius 3 is 3.06 bits per heavy atom. The van der Waals surface area contributed by atoms with Gasteiger partial charge in [-0.15, -0.1) is 0 Å². The summed E-state index contributed by atoms with van der Waals surface area (Å²) in [7, 11) is 0. The van der Waals surface area contributed by atoms with Crippen molar-refractivity contribution in [3.8, 4) is 0 Å². The number of carboxylic acids is 1. The molecular weight excluding hydrogens is 230 g/mol. The summed E-state index contributed by atoms with van der Waals surface area (Å²) in [5.74, 6) is -0.825. The number of rotatable bonds is 3. The Labute approximate surface area is 94.5 Å². The van der Waals surface area contributed by atoms with Crippen LogP contribution in [0.1, 0.15) is 6.92 Å². The van der Waals surface area contributed by atoms with Crippen LogP contribution in [0.4, 0.5) is 5.95 Å². The number of imidazole rings is 1. The average molecular weight is 239 g/mol. The molecule has 0 aromatic carbocycles. The highest BCUT2D eigenvalue weighted by Gasteiger charge is 2.17. The van der Waals surface area contributed by atoms with Crippen LogP contribution in [0, 0.1) is 0 Å². The van der Waals surface area contributed by atoms with Gasteiger partial charge in [-0.3, -0.25) is 4.79 Å². The molecule has 0 saturated carbocycles. The molecule has 2 rings (SSSR count). The van der Waals surface area contributed by atoms with E-state index in [2.05, 4.69) is 19.9 Å². The fraction of sp³-hybridized carbons (Fsp3) is 0.250. The van der Waals surface area contributed by atoms with Crippen LogP contribution in [-0.4, -0.2) is 36.3 Å². The van der Waals surface area contributed by atoms with Crippen molar-refractivity contribution in [2.75, 3.05) is 5.73 Å². The molecule has 0 spiro atoms. The number of thioether (sulfide) groups is 1. The predicted octanol–water partition coefficient (Wildman–Crippen LogP) is 0.500. The number of anilines is 1. The molecule has 16 heavy (non-hydrogen) atoms. The van der Waals surface area contributed by atoms with E-state index in [0.717, 1.165) is 11.8 Å². The van der Waals surface area contributed by atoms with Gasteiger partial charge in [0.15, 0.2) is 5.65 Å². The van der Waals surface area contributed by atoms with Gasteiger partial charge in [0.2, 0.25) is 5.95 Å². The monoisotopic (exact) mass is 239 g/mol. The second-order valence-corrected chi connectivity index (χ2v) is 4.42. The molecule has 4 N–H and O–H groups in total. The van der Waals surface area contributed by atoms with Crippen LogP contribution in [0.25, 0.3) is 11.2 Å². The van der Waals surface area contributed by atoms with E-state index in [9.17, 15) is 4.79 Å². The second-order valence-electron chi connectivity index (χ2n) is 3.09. The standard InChI is InChI=1S/C8H9N5O2S/c1-3(7(14)15)16-6-4-5(11-2-10-4)12-8(9)13-6/h2-3H,1H3,(H,14,15)(H3,9,10,11,12,13)/t3-/m0/s1. The zero-order chi connectivity index (χ0) is 11.7. The third-order valence-electron chi connectivity index (χ3n) is 1.91. The summed E-state index contributed by atoms with van der Waals surface area (Å²) in [5.41, 5.74) is 6.54. The van der Waals surface area contributed by atoms with Gasteiger partial charge in [-0.25, -0.2) is 9.97 Å². The highest BCUT2D eigenvalue weighted by atomic mass is 32.2. The molecular formula is C8H9N5O2S. The number of nitrogen functional groups attached to an aromatic ring is 1. The van der Waals surface area contributed by atoms with Gasteiger partial charge in [0.25, 0.3) is 0 Å². The molecule has 0 amide bonds. The van der Waals surface area contributed by atoms with Crippen molar-refractivity contribution in [1.29, 1.82) is 0 Å². The Balaban J connectivity index is 2.42. The number of aromatic amines is 1. The lowest BCUT2D eigenvalue weighted by Crippen LogP contribution is -2.12. The number of nitrogens with two attached hydrogens (primary N) is 1. The number of hydrogen-bond donors (Lipinski definition) is 3. The summed E-state index contributed by atoms with van der Waals surface area (Å²) in [4.78, 5) is 25.4. The molecule has 84 valence electrons. The fourth-order valence-corrected chi connectivity index (χ4v) is 1.98. The van der Waals surface area contributed by atoms with Crippen molar-refractivity contribution in [3.63, 3.8) is 0 Å². The van der Waals surface area contributed by atoms with Gasteiger partial charge in [-0.2, -0.15) is 4.98 Å². The molecule has 2 aromatic rings. The SMILES string of the molecule is C[C@H](Sc1nc(N)nc2nc[nH]c12)C(=O)O. The van der Waals surface area contributed by atoms with Crippen LogP contribution >= 0.6 is 11.8 Å². The van der Waals surface area contributed by atoms with E-state index < -0.39 is 11.2 Å². The first-order chi connectivity index (χ1) is 7.58. The topological polar surface area (TPSA) is 118 Å². The molecule has 0 bridgehead atoms. The van der Waals surface area contributed by atoms with Crippen LogP contribution < -0.4 is 5.73 Å². The molecule has 0 aliphatic carbocycles. The normalized spacial score (nSPS) is 12.8. The highest BCUT2D eigenvalue weighted by Crippen LogP contribution is 2.27. The Morgan fingerprint density at radius 1 is 1.62 bits per heavy atom. The van der Waals surface area contributed by atoms with Crippen molar-refractivity contribution >= 4 is 34.8 Å². The van der Waals surface area contributed by atoms with E-state index >= 15 is 0 Å².